The summed E-state index contributed by atoms with van der Waals surface area (Å²) in [4.78, 5) is 14.8. The molecule has 2 heterocycles. The smallest absolute Gasteiger partial charge is 0.414 e. The van der Waals surface area contributed by atoms with Gasteiger partial charge in [-0.1, -0.05) is 0 Å². The second-order valence-electron chi connectivity index (χ2n) is 7.21. The molecule has 1 aromatic rings. The van der Waals surface area contributed by atoms with Crippen LogP contribution in [0, 0.1) is 5.82 Å². The van der Waals surface area contributed by atoms with E-state index in [4.69, 9.17) is 18.8 Å². The monoisotopic (exact) mass is 450 g/mol. The van der Waals surface area contributed by atoms with Gasteiger partial charge in [0.15, 0.2) is 6.17 Å². The summed E-state index contributed by atoms with van der Waals surface area (Å²) in [5.41, 5.74) is 0.408. The fourth-order valence-electron chi connectivity index (χ4n) is 3.72. The SMILES string of the molecule is COC1(OC)CCN(c2ccc(N3CC(CCS(=O)(=O)O)OC3=O)cc2F)C[C@H]1F. The molecule has 2 fully saturated rings. The molecule has 2 aliphatic rings. The highest BCUT2D eigenvalue weighted by molar-refractivity contribution is 7.85. The van der Waals surface area contributed by atoms with Crippen LogP contribution in [0.3, 0.4) is 0 Å². The topological polar surface area (TPSA) is 106 Å². The molecule has 2 aliphatic heterocycles. The molecule has 1 aromatic carbocycles. The van der Waals surface area contributed by atoms with Gasteiger partial charge in [0.05, 0.1) is 30.2 Å². The molecule has 1 unspecified atom stereocenters. The second-order valence-corrected chi connectivity index (χ2v) is 8.78. The van der Waals surface area contributed by atoms with Gasteiger partial charge in [0.25, 0.3) is 10.1 Å². The third-order valence-electron chi connectivity index (χ3n) is 5.43. The van der Waals surface area contributed by atoms with Crippen molar-refractivity contribution in [2.45, 2.75) is 30.9 Å². The van der Waals surface area contributed by atoms with Crippen LogP contribution >= 0.6 is 0 Å². The molecule has 2 saturated heterocycles. The fourth-order valence-corrected chi connectivity index (χ4v) is 4.28. The highest BCUT2D eigenvalue weighted by atomic mass is 32.2. The van der Waals surface area contributed by atoms with E-state index in [0.717, 1.165) is 6.07 Å². The zero-order chi connectivity index (χ0) is 22.1. The van der Waals surface area contributed by atoms with Gasteiger partial charge in [0.2, 0.25) is 5.79 Å². The van der Waals surface area contributed by atoms with Crippen LogP contribution in [0.5, 0.6) is 0 Å². The largest absolute Gasteiger partial charge is 0.444 e. The Morgan fingerprint density at radius 3 is 2.57 bits per heavy atom. The van der Waals surface area contributed by atoms with Crippen LogP contribution in [-0.4, -0.2) is 76.7 Å². The Hall–Kier alpha value is -2.02. The van der Waals surface area contributed by atoms with Crippen molar-refractivity contribution < 1.29 is 40.8 Å². The van der Waals surface area contributed by atoms with E-state index in [1.165, 1.54) is 36.2 Å². The minimum Gasteiger partial charge on any atom is -0.444 e. The Kier molecular flexibility index (Phi) is 6.51. The normalized spacial score (nSPS) is 24.2. The van der Waals surface area contributed by atoms with Gasteiger partial charge in [-0.2, -0.15) is 8.42 Å². The maximum absolute atomic E-state index is 14.8. The summed E-state index contributed by atoms with van der Waals surface area (Å²) in [6, 6.07) is 4.10. The number of hydrogen-bond acceptors (Lipinski definition) is 7. The van der Waals surface area contributed by atoms with Crippen LogP contribution in [0.1, 0.15) is 12.8 Å². The van der Waals surface area contributed by atoms with Gasteiger partial charge in [0, 0.05) is 33.6 Å². The summed E-state index contributed by atoms with van der Waals surface area (Å²) < 4.78 is 75.4. The number of alkyl halides is 1. The van der Waals surface area contributed by atoms with E-state index in [9.17, 15) is 22.0 Å². The number of cyclic esters (lactones) is 1. The number of hydrogen-bond donors (Lipinski definition) is 1. The number of nitrogens with zero attached hydrogens (tertiary/aromatic N) is 2. The van der Waals surface area contributed by atoms with Gasteiger partial charge in [-0.15, -0.1) is 0 Å². The van der Waals surface area contributed by atoms with Crippen molar-refractivity contribution in [2.75, 3.05) is 49.4 Å². The molecule has 12 heteroatoms. The summed E-state index contributed by atoms with van der Waals surface area (Å²) in [5, 5.41) is 0. The molecule has 0 aromatic heterocycles. The molecule has 0 aliphatic carbocycles. The maximum atomic E-state index is 14.8. The number of ether oxygens (including phenoxy) is 3. The van der Waals surface area contributed by atoms with Crippen LogP contribution in [0.4, 0.5) is 25.0 Å². The Labute approximate surface area is 173 Å². The van der Waals surface area contributed by atoms with Crippen molar-refractivity contribution >= 4 is 27.6 Å². The van der Waals surface area contributed by atoms with Gasteiger partial charge in [-0.3, -0.25) is 9.45 Å². The zero-order valence-electron chi connectivity index (χ0n) is 16.6. The predicted molar refractivity (Wildman–Crippen MR) is 104 cm³/mol. The summed E-state index contributed by atoms with van der Waals surface area (Å²) in [7, 11) is -1.46. The molecular weight excluding hydrogens is 426 g/mol. The molecule has 0 bridgehead atoms. The molecule has 168 valence electrons. The lowest BCUT2D eigenvalue weighted by Crippen LogP contribution is -2.56. The number of benzene rings is 1. The lowest BCUT2D eigenvalue weighted by molar-refractivity contribution is -0.249. The summed E-state index contributed by atoms with van der Waals surface area (Å²) in [5.74, 6) is -2.55. The minimum atomic E-state index is -4.18. The second kappa shape index (κ2) is 8.61. The first-order chi connectivity index (χ1) is 14.1. The molecule has 2 atom stereocenters. The number of carbonyl (C=O) groups excluding carboxylic acids is 1. The third-order valence-corrected chi connectivity index (χ3v) is 6.19. The molecule has 30 heavy (non-hydrogen) atoms. The van der Waals surface area contributed by atoms with Gasteiger partial charge in [-0.25, -0.2) is 13.6 Å². The number of piperidine rings is 1. The average molecular weight is 450 g/mol. The van der Waals surface area contributed by atoms with Gasteiger partial charge >= 0.3 is 6.09 Å². The minimum absolute atomic E-state index is 0.0214. The number of amides is 1. The molecule has 3 rings (SSSR count). The van der Waals surface area contributed by atoms with Crippen LogP contribution < -0.4 is 9.80 Å². The lowest BCUT2D eigenvalue weighted by atomic mass is 10.0. The fraction of sp³-hybridized carbons (Fsp3) is 0.611. The van der Waals surface area contributed by atoms with E-state index >= 15 is 0 Å². The molecule has 0 radical (unpaired) electrons. The Bertz CT molecular complexity index is 895. The molecule has 1 amide bonds. The number of anilines is 2. The van der Waals surface area contributed by atoms with E-state index in [2.05, 4.69) is 0 Å². The number of methoxy groups -OCH3 is 2. The van der Waals surface area contributed by atoms with Crippen molar-refractivity contribution in [3.8, 4) is 0 Å². The van der Waals surface area contributed by atoms with Crippen molar-refractivity contribution in [3.05, 3.63) is 24.0 Å². The summed E-state index contributed by atoms with van der Waals surface area (Å²) in [6.07, 6.45) is -2.84. The van der Waals surface area contributed by atoms with Crippen LogP contribution in [0.2, 0.25) is 0 Å². The van der Waals surface area contributed by atoms with Gasteiger partial charge in [-0.05, 0) is 18.2 Å². The van der Waals surface area contributed by atoms with E-state index in [1.807, 2.05) is 0 Å². The first-order valence-electron chi connectivity index (χ1n) is 9.30. The predicted octanol–water partition coefficient (Wildman–Crippen LogP) is 1.97. The van der Waals surface area contributed by atoms with Crippen LogP contribution in [0.15, 0.2) is 18.2 Å². The van der Waals surface area contributed by atoms with E-state index < -0.39 is 45.8 Å². The average Bonchev–Trinajstić information content (AvgIpc) is 3.07. The molecule has 1 N–H and O–H groups in total. The van der Waals surface area contributed by atoms with Crippen molar-refractivity contribution in [3.63, 3.8) is 0 Å². The first kappa shape index (κ1) is 22.7. The van der Waals surface area contributed by atoms with Crippen LogP contribution in [-0.2, 0) is 24.3 Å². The number of rotatable bonds is 7. The van der Waals surface area contributed by atoms with Crippen molar-refractivity contribution in [2.24, 2.45) is 0 Å². The summed E-state index contributed by atoms with van der Waals surface area (Å²) in [6.45, 7) is 0.205. The quantitative estimate of drug-likeness (QED) is 0.497. The number of halogens is 2. The van der Waals surface area contributed by atoms with Gasteiger partial charge < -0.3 is 19.1 Å². The Morgan fingerprint density at radius 1 is 1.30 bits per heavy atom. The van der Waals surface area contributed by atoms with Crippen molar-refractivity contribution in [1.29, 1.82) is 0 Å². The third kappa shape index (κ3) is 4.66. The summed E-state index contributed by atoms with van der Waals surface area (Å²) >= 11 is 0. The Balaban J connectivity index is 1.69. The lowest BCUT2D eigenvalue weighted by Gasteiger charge is -2.43. The van der Waals surface area contributed by atoms with E-state index in [-0.39, 0.29) is 37.3 Å². The number of carbonyl (C=O) groups is 1. The maximum Gasteiger partial charge on any atom is 0.414 e. The molecule has 9 nitrogen and oxygen atoms in total. The molecule has 0 saturated carbocycles. The molecule has 0 spiro atoms. The standard InChI is InChI=1S/C18H24F2N2O7S/c1-27-18(28-2)6-7-21(11-16(18)20)15-4-3-12(9-14(15)19)22-10-13(29-17(22)23)5-8-30(24,25)26/h3-4,9,13,16H,5-8,10-11H2,1-2H3,(H,24,25,26)/t13?,16-/m1/s1. The van der Waals surface area contributed by atoms with Crippen molar-refractivity contribution in [1.82, 2.24) is 0 Å². The zero-order valence-corrected chi connectivity index (χ0v) is 17.4. The molecular formula is C18H24F2N2O7S. The first-order valence-corrected chi connectivity index (χ1v) is 10.9. The van der Waals surface area contributed by atoms with E-state index in [0.29, 0.717) is 6.54 Å². The van der Waals surface area contributed by atoms with Crippen LogP contribution in [0.25, 0.3) is 0 Å². The van der Waals surface area contributed by atoms with E-state index in [1.54, 1.807) is 0 Å². The van der Waals surface area contributed by atoms with Gasteiger partial charge in [0.1, 0.15) is 11.9 Å². The highest BCUT2D eigenvalue weighted by Crippen LogP contribution is 2.34. The highest BCUT2D eigenvalue weighted by Gasteiger charge is 2.45. The Morgan fingerprint density at radius 2 is 2.00 bits per heavy atom.